The van der Waals surface area contributed by atoms with Crippen LogP contribution in [0.4, 0.5) is 18.9 Å². The lowest BCUT2D eigenvalue weighted by Crippen LogP contribution is -2.23. The quantitative estimate of drug-likeness (QED) is 0.866. The monoisotopic (exact) mass is 334 g/mol. The summed E-state index contributed by atoms with van der Waals surface area (Å²) in [5, 5.41) is 2.57. The van der Waals surface area contributed by atoms with Crippen LogP contribution >= 0.6 is 0 Å². The molecule has 3 rings (SSSR count). The van der Waals surface area contributed by atoms with Crippen LogP contribution < -0.4 is 10.2 Å². The van der Waals surface area contributed by atoms with Crippen molar-refractivity contribution in [1.82, 2.24) is 5.32 Å². The van der Waals surface area contributed by atoms with Crippen molar-refractivity contribution in [2.24, 2.45) is 0 Å². The molecule has 0 saturated carbocycles. The first-order valence-corrected chi connectivity index (χ1v) is 7.81. The molecule has 6 heteroatoms. The summed E-state index contributed by atoms with van der Waals surface area (Å²) in [5.74, 6) is -4.99. The number of hydrogen-bond donors (Lipinski definition) is 1. The summed E-state index contributed by atoms with van der Waals surface area (Å²) >= 11 is 0. The van der Waals surface area contributed by atoms with Gasteiger partial charge in [-0.25, -0.2) is 13.2 Å². The van der Waals surface area contributed by atoms with Crippen molar-refractivity contribution in [3.63, 3.8) is 0 Å². The minimum absolute atomic E-state index is 0.222. The van der Waals surface area contributed by atoms with Gasteiger partial charge < -0.3 is 10.2 Å². The summed E-state index contributed by atoms with van der Waals surface area (Å²) in [6, 6.07) is 9.15. The molecule has 3 nitrogen and oxygen atoms in total. The first-order chi connectivity index (χ1) is 11.5. The highest BCUT2D eigenvalue weighted by Crippen LogP contribution is 2.20. The fraction of sp³-hybridized carbons (Fsp3) is 0.278. The molecular weight excluding hydrogens is 317 g/mol. The van der Waals surface area contributed by atoms with Crippen LogP contribution in [-0.2, 0) is 6.54 Å². The topological polar surface area (TPSA) is 32.3 Å². The van der Waals surface area contributed by atoms with Crippen molar-refractivity contribution in [3.8, 4) is 0 Å². The number of carbonyl (C=O) groups is 1. The molecule has 1 amide bonds. The molecule has 1 aliphatic heterocycles. The van der Waals surface area contributed by atoms with Gasteiger partial charge in [0.2, 0.25) is 0 Å². The van der Waals surface area contributed by atoms with Gasteiger partial charge in [-0.15, -0.1) is 0 Å². The number of halogens is 3. The Hall–Kier alpha value is -2.50. The number of nitrogens with zero attached hydrogens (tertiary/aromatic N) is 1. The number of amides is 1. The minimum Gasteiger partial charge on any atom is -0.372 e. The largest absolute Gasteiger partial charge is 0.372 e. The van der Waals surface area contributed by atoms with E-state index >= 15 is 0 Å². The Balaban J connectivity index is 1.61. The predicted octanol–water partition coefficient (Wildman–Crippen LogP) is 3.63. The maximum Gasteiger partial charge on any atom is 0.251 e. The molecule has 0 unspecified atom stereocenters. The maximum atomic E-state index is 13.2. The summed E-state index contributed by atoms with van der Waals surface area (Å²) in [7, 11) is 0. The molecule has 1 fully saturated rings. The Bertz CT molecular complexity index is 717. The highest BCUT2D eigenvalue weighted by atomic mass is 19.2. The van der Waals surface area contributed by atoms with E-state index in [2.05, 4.69) is 10.2 Å². The standard InChI is InChI=1S/C18H17F3N2O/c19-15-9-13(10-16(20)17(15)21)18(24)22-11-12-3-5-14(6-4-12)23-7-1-2-8-23/h3-6,9-10H,1-2,7-8,11H2,(H,22,24). The second-order valence-corrected chi connectivity index (χ2v) is 5.80. The maximum absolute atomic E-state index is 13.2. The molecule has 0 aromatic heterocycles. The third kappa shape index (κ3) is 3.53. The molecule has 1 aliphatic rings. The van der Waals surface area contributed by atoms with Crippen molar-refractivity contribution >= 4 is 11.6 Å². The van der Waals surface area contributed by atoms with Crippen LogP contribution in [-0.4, -0.2) is 19.0 Å². The SMILES string of the molecule is O=C(NCc1ccc(N2CCCC2)cc1)c1cc(F)c(F)c(F)c1. The van der Waals surface area contributed by atoms with E-state index in [0.29, 0.717) is 12.1 Å². The van der Waals surface area contributed by atoms with Crippen LogP contribution in [0.25, 0.3) is 0 Å². The fourth-order valence-electron chi connectivity index (χ4n) is 2.77. The first-order valence-electron chi connectivity index (χ1n) is 7.81. The molecule has 2 aromatic carbocycles. The lowest BCUT2D eigenvalue weighted by molar-refractivity contribution is 0.0949. The van der Waals surface area contributed by atoms with Crippen molar-refractivity contribution in [3.05, 3.63) is 65.0 Å². The smallest absolute Gasteiger partial charge is 0.251 e. The van der Waals surface area contributed by atoms with Gasteiger partial charge in [0, 0.05) is 30.9 Å². The second kappa shape index (κ2) is 6.95. The Labute approximate surface area is 138 Å². The van der Waals surface area contributed by atoms with Crippen molar-refractivity contribution in [1.29, 1.82) is 0 Å². The zero-order valence-corrected chi connectivity index (χ0v) is 13.0. The second-order valence-electron chi connectivity index (χ2n) is 5.80. The summed E-state index contributed by atoms with van der Waals surface area (Å²) in [5.41, 5.74) is 1.76. The molecule has 0 aliphatic carbocycles. The minimum atomic E-state index is -1.58. The van der Waals surface area contributed by atoms with E-state index in [9.17, 15) is 18.0 Å². The molecule has 126 valence electrons. The van der Waals surface area contributed by atoms with Gasteiger partial charge in [-0.3, -0.25) is 4.79 Å². The summed E-state index contributed by atoms with van der Waals surface area (Å²) in [6.45, 7) is 2.33. The van der Waals surface area contributed by atoms with Gasteiger partial charge >= 0.3 is 0 Å². The number of rotatable bonds is 4. The Kier molecular flexibility index (Phi) is 4.74. The Morgan fingerprint density at radius 1 is 1.00 bits per heavy atom. The van der Waals surface area contributed by atoms with E-state index in [0.717, 1.165) is 24.3 Å². The van der Waals surface area contributed by atoms with Gasteiger partial charge in [-0.05, 0) is 42.7 Å². The third-order valence-corrected chi connectivity index (χ3v) is 4.11. The van der Waals surface area contributed by atoms with Crippen molar-refractivity contribution < 1.29 is 18.0 Å². The van der Waals surface area contributed by atoms with Crippen molar-refractivity contribution in [2.75, 3.05) is 18.0 Å². The summed E-state index contributed by atoms with van der Waals surface area (Å²) in [6.07, 6.45) is 2.39. The highest BCUT2D eigenvalue weighted by molar-refractivity contribution is 5.94. The number of hydrogen-bond acceptors (Lipinski definition) is 2. The zero-order valence-electron chi connectivity index (χ0n) is 13.0. The molecule has 1 heterocycles. The van der Waals surface area contributed by atoms with E-state index in [-0.39, 0.29) is 12.1 Å². The lowest BCUT2D eigenvalue weighted by Gasteiger charge is -2.17. The molecule has 0 atom stereocenters. The van der Waals surface area contributed by atoms with E-state index in [4.69, 9.17) is 0 Å². The number of benzene rings is 2. The number of nitrogens with one attached hydrogen (secondary N) is 1. The lowest BCUT2D eigenvalue weighted by atomic mass is 10.1. The average molecular weight is 334 g/mol. The molecule has 24 heavy (non-hydrogen) atoms. The fourth-order valence-corrected chi connectivity index (χ4v) is 2.77. The first kappa shape index (κ1) is 16.4. The normalized spacial score (nSPS) is 14.0. The highest BCUT2D eigenvalue weighted by Gasteiger charge is 2.15. The van der Waals surface area contributed by atoms with Gasteiger partial charge in [-0.1, -0.05) is 12.1 Å². The molecule has 0 bridgehead atoms. The van der Waals surface area contributed by atoms with Crippen molar-refractivity contribution in [2.45, 2.75) is 19.4 Å². The molecule has 0 radical (unpaired) electrons. The Morgan fingerprint density at radius 3 is 2.17 bits per heavy atom. The van der Waals surface area contributed by atoms with Crippen LogP contribution in [0.1, 0.15) is 28.8 Å². The van der Waals surface area contributed by atoms with Gasteiger partial charge in [-0.2, -0.15) is 0 Å². The van der Waals surface area contributed by atoms with E-state index in [1.165, 1.54) is 12.8 Å². The molecule has 1 saturated heterocycles. The molecule has 1 N–H and O–H groups in total. The average Bonchev–Trinajstić information content (AvgIpc) is 3.12. The van der Waals surface area contributed by atoms with Gasteiger partial charge in [0.15, 0.2) is 17.5 Å². The van der Waals surface area contributed by atoms with E-state index in [1.54, 1.807) is 0 Å². The Morgan fingerprint density at radius 2 is 1.58 bits per heavy atom. The van der Waals surface area contributed by atoms with Crippen LogP contribution in [0.2, 0.25) is 0 Å². The van der Waals surface area contributed by atoms with E-state index in [1.807, 2.05) is 24.3 Å². The third-order valence-electron chi connectivity index (χ3n) is 4.11. The molecule has 0 spiro atoms. The molecular formula is C18H17F3N2O. The van der Waals surface area contributed by atoms with Gasteiger partial charge in [0.05, 0.1) is 0 Å². The van der Waals surface area contributed by atoms with Crippen LogP contribution in [0.15, 0.2) is 36.4 Å². The predicted molar refractivity (Wildman–Crippen MR) is 85.4 cm³/mol. The van der Waals surface area contributed by atoms with Gasteiger partial charge in [0.1, 0.15) is 0 Å². The van der Waals surface area contributed by atoms with Crippen LogP contribution in [0.3, 0.4) is 0 Å². The zero-order chi connectivity index (χ0) is 17.1. The molecule has 2 aromatic rings. The van der Waals surface area contributed by atoms with Crippen LogP contribution in [0, 0.1) is 17.5 Å². The number of anilines is 1. The van der Waals surface area contributed by atoms with Gasteiger partial charge in [0.25, 0.3) is 5.91 Å². The van der Waals surface area contributed by atoms with Crippen LogP contribution in [0.5, 0.6) is 0 Å². The number of carbonyl (C=O) groups excluding carboxylic acids is 1. The van der Waals surface area contributed by atoms with E-state index < -0.39 is 23.4 Å². The summed E-state index contributed by atoms with van der Waals surface area (Å²) < 4.78 is 39.2. The summed E-state index contributed by atoms with van der Waals surface area (Å²) in [4.78, 5) is 14.2.